The molecule has 0 bridgehead atoms. The quantitative estimate of drug-likeness (QED) is 0.835. The summed E-state index contributed by atoms with van der Waals surface area (Å²) in [4.78, 5) is 14.6. The summed E-state index contributed by atoms with van der Waals surface area (Å²) in [6, 6.07) is 7.85. The molecule has 0 fully saturated rings. The predicted molar refractivity (Wildman–Crippen MR) is 84.8 cm³/mol. The van der Waals surface area contributed by atoms with Gasteiger partial charge in [0, 0.05) is 23.3 Å². The molecule has 5 heteroatoms. The number of halogens is 1. The van der Waals surface area contributed by atoms with Crippen molar-refractivity contribution in [3.63, 3.8) is 0 Å². The summed E-state index contributed by atoms with van der Waals surface area (Å²) in [6.45, 7) is 7.19. The average molecular weight is 348 g/mol. The number of nitrogens with zero attached hydrogens (tertiary/aromatic N) is 3. The molecular formula is C16H18BrN3O. The van der Waals surface area contributed by atoms with Crippen molar-refractivity contribution in [2.75, 3.05) is 0 Å². The molecule has 1 aromatic heterocycles. The summed E-state index contributed by atoms with van der Waals surface area (Å²) < 4.78 is 2.89. The maximum Gasteiger partial charge on any atom is 0.247 e. The Labute approximate surface area is 132 Å². The van der Waals surface area contributed by atoms with Gasteiger partial charge in [-0.1, -0.05) is 28.1 Å². The number of rotatable bonds is 2. The van der Waals surface area contributed by atoms with Crippen LogP contribution in [-0.4, -0.2) is 20.6 Å². The smallest absolute Gasteiger partial charge is 0.247 e. The second-order valence-electron chi connectivity index (χ2n) is 5.62. The highest BCUT2D eigenvalue weighted by Gasteiger charge is 2.29. The zero-order chi connectivity index (χ0) is 15.1. The van der Waals surface area contributed by atoms with E-state index in [1.54, 1.807) is 0 Å². The summed E-state index contributed by atoms with van der Waals surface area (Å²) in [5.41, 5.74) is 4.40. The van der Waals surface area contributed by atoms with Gasteiger partial charge in [-0.25, -0.2) is 0 Å². The normalized spacial score (nSPS) is 15.1. The number of carbonyl (C=O) groups excluding carboxylic acids is 1. The number of hydrogen-bond donors (Lipinski definition) is 0. The predicted octanol–water partition coefficient (Wildman–Crippen LogP) is 3.37. The monoisotopic (exact) mass is 347 g/mol. The molecule has 2 heterocycles. The van der Waals surface area contributed by atoms with E-state index in [0.29, 0.717) is 13.1 Å². The van der Waals surface area contributed by atoms with Crippen molar-refractivity contribution >= 4 is 21.8 Å². The van der Waals surface area contributed by atoms with Gasteiger partial charge in [0.1, 0.15) is 6.04 Å². The Morgan fingerprint density at radius 1 is 1.33 bits per heavy atom. The maximum absolute atomic E-state index is 12.7. The summed E-state index contributed by atoms with van der Waals surface area (Å²) in [5, 5.41) is 4.43. The van der Waals surface area contributed by atoms with Crippen molar-refractivity contribution < 1.29 is 4.79 Å². The van der Waals surface area contributed by atoms with Crippen LogP contribution < -0.4 is 0 Å². The van der Waals surface area contributed by atoms with Gasteiger partial charge in [0.25, 0.3) is 0 Å². The van der Waals surface area contributed by atoms with E-state index < -0.39 is 0 Å². The van der Waals surface area contributed by atoms with Crippen molar-refractivity contribution in [1.82, 2.24) is 14.7 Å². The molecule has 4 nitrogen and oxygen atoms in total. The van der Waals surface area contributed by atoms with Crippen molar-refractivity contribution in [3.8, 4) is 0 Å². The van der Waals surface area contributed by atoms with Gasteiger partial charge >= 0.3 is 0 Å². The van der Waals surface area contributed by atoms with Crippen LogP contribution in [0.4, 0.5) is 0 Å². The van der Waals surface area contributed by atoms with Crippen LogP contribution in [0.2, 0.25) is 0 Å². The lowest BCUT2D eigenvalue weighted by Crippen LogP contribution is -2.33. The lowest BCUT2D eigenvalue weighted by molar-refractivity contribution is -0.135. The van der Waals surface area contributed by atoms with Gasteiger partial charge in [-0.05, 0) is 44.0 Å². The van der Waals surface area contributed by atoms with Crippen LogP contribution in [0.5, 0.6) is 0 Å². The number of fused-ring (bicyclic) bond motifs is 1. The van der Waals surface area contributed by atoms with Crippen LogP contribution in [0.15, 0.2) is 28.7 Å². The molecule has 0 saturated carbocycles. The highest BCUT2D eigenvalue weighted by Crippen LogP contribution is 2.30. The van der Waals surface area contributed by atoms with Gasteiger partial charge < -0.3 is 4.90 Å². The molecule has 1 aliphatic rings. The molecular weight excluding hydrogens is 330 g/mol. The topological polar surface area (TPSA) is 38.1 Å². The van der Waals surface area contributed by atoms with Crippen molar-refractivity contribution in [1.29, 1.82) is 0 Å². The third kappa shape index (κ3) is 2.50. The fourth-order valence-corrected chi connectivity index (χ4v) is 3.48. The first-order valence-electron chi connectivity index (χ1n) is 7.05. The standard InChI is InChI=1S/C16H18BrN3O/c1-10-7-11(2)20(18-10)12(3)16(21)19-8-13-5-4-6-15(17)14(13)9-19/h4-7,12H,8-9H2,1-3H3. The van der Waals surface area contributed by atoms with E-state index in [1.165, 1.54) is 11.1 Å². The van der Waals surface area contributed by atoms with Crippen LogP contribution in [0.1, 0.15) is 35.5 Å². The zero-order valence-electron chi connectivity index (χ0n) is 12.4. The number of hydrogen-bond acceptors (Lipinski definition) is 2. The fourth-order valence-electron chi connectivity index (χ4n) is 2.94. The van der Waals surface area contributed by atoms with E-state index in [2.05, 4.69) is 27.1 Å². The van der Waals surface area contributed by atoms with Gasteiger partial charge in [-0.3, -0.25) is 9.48 Å². The minimum atomic E-state index is -0.271. The molecule has 1 aliphatic heterocycles. The lowest BCUT2D eigenvalue weighted by atomic mass is 10.1. The molecule has 1 amide bonds. The van der Waals surface area contributed by atoms with Crippen molar-refractivity contribution in [2.24, 2.45) is 0 Å². The van der Waals surface area contributed by atoms with Crippen LogP contribution in [0.25, 0.3) is 0 Å². The van der Waals surface area contributed by atoms with E-state index in [9.17, 15) is 4.79 Å². The molecule has 1 atom stereocenters. The van der Waals surface area contributed by atoms with Gasteiger partial charge in [0.2, 0.25) is 5.91 Å². The molecule has 1 unspecified atom stereocenters. The minimum Gasteiger partial charge on any atom is -0.332 e. The van der Waals surface area contributed by atoms with Crippen molar-refractivity contribution in [3.05, 3.63) is 51.3 Å². The Hall–Kier alpha value is -1.62. The Morgan fingerprint density at radius 2 is 2.10 bits per heavy atom. The molecule has 3 rings (SSSR count). The van der Waals surface area contributed by atoms with Crippen LogP contribution >= 0.6 is 15.9 Å². The first-order valence-corrected chi connectivity index (χ1v) is 7.84. The highest BCUT2D eigenvalue weighted by molar-refractivity contribution is 9.10. The largest absolute Gasteiger partial charge is 0.332 e. The van der Waals surface area contributed by atoms with Crippen LogP contribution in [0, 0.1) is 13.8 Å². The molecule has 0 N–H and O–H groups in total. The first kappa shape index (κ1) is 14.3. The van der Waals surface area contributed by atoms with E-state index in [0.717, 1.165) is 15.9 Å². The molecule has 0 saturated heterocycles. The minimum absolute atomic E-state index is 0.115. The Bertz CT molecular complexity index is 708. The van der Waals surface area contributed by atoms with E-state index in [1.807, 2.05) is 48.6 Å². The van der Waals surface area contributed by atoms with E-state index in [-0.39, 0.29) is 11.9 Å². The number of aryl methyl sites for hydroxylation is 2. The lowest BCUT2D eigenvalue weighted by Gasteiger charge is -2.21. The SMILES string of the molecule is Cc1cc(C)n(C(C)C(=O)N2Cc3cccc(Br)c3C2)n1. The Balaban J connectivity index is 1.82. The highest BCUT2D eigenvalue weighted by atomic mass is 79.9. The van der Waals surface area contributed by atoms with Gasteiger partial charge in [-0.15, -0.1) is 0 Å². The third-order valence-corrected chi connectivity index (χ3v) is 4.75. The number of benzene rings is 1. The molecule has 2 aromatic rings. The summed E-state index contributed by atoms with van der Waals surface area (Å²) in [5.74, 6) is 0.115. The molecule has 1 aromatic carbocycles. The summed E-state index contributed by atoms with van der Waals surface area (Å²) in [7, 11) is 0. The van der Waals surface area contributed by atoms with Crippen molar-refractivity contribution in [2.45, 2.75) is 39.9 Å². The molecule has 0 aliphatic carbocycles. The second kappa shape index (κ2) is 5.30. The van der Waals surface area contributed by atoms with Gasteiger partial charge in [0.05, 0.1) is 5.69 Å². The summed E-state index contributed by atoms with van der Waals surface area (Å²) in [6.07, 6.45) is 0. The Morgan fingerprint density at radius 3 is 2.71 bits per heavy atom. The van der Waals surface area contributed by atoms with Gasteiger partial charge in [0.15, 0.2) is 0 Å². The summed E-state index contributed by atoms with van der Waals surface area (Å²) >= 11 is 3.57. The second-order valence-corrected chi connectivity index (χ2v) is 6.47. The molecule has 21 heavy (non-hydrogen) atoms. The zero-order valence-corrected chi connectivity index (χ0v) is 14.0. The molecule has 0 radical (unpaired) electrons. The number of amides is 1. The number of aromatic nitrogens is 2. The first-order chi connectivity index (χ1) is 9.97. The fraction of sp³-hybridized carbons (Fsp3) is 0.375. The van der Waals surface area contributed by atoms with Gasteiger partial charge in [-0.2, -0.15) is 5.10 Å². The number of carbonyl (C=O) groups is 1. The molecule has 0 spiro atoms. The maximum atomic E-state index is 12.7. The van der Waals surface area contributed by atoms with Crippen LogP contribution in [-0.2, 0) is 17.9 Å². The Kier molecular flexibility index (Phi) is 3.61. The van der Waals surface area contributed by atoms with E-state index >= 15 is 0 Å². The van der Waals surface area contributed by atoms with E-state index in [4.69, 9.17) is 0 Å². The average Bonchev–Trinajstić information content (AvgIpc) is 3.01. The van der Waals surface area contributed by atoms with Crippen LogP contribution in [0.3, 0.4) is 0 Å². The third-order valence-electron chi connectivity index (χ3n) is 4.01. The molecule has 110 valence electrons.